The molecule has 0 unspecified atom stereocenters. The van der Waals surface area contributed by atoms with Crippen LogP contribution in [0, 0.1) is 4.77 Å². The molecule has 0 aliphatic carbocycles. The van der Waals surface area contributed by atoms with Crippen LogP contribution in [0.2, 0.25) is 0 Å². The lowest BCUT2D eigenvalue weighted by atomic mass is 10.1. The third-order valence-corrected chi connectivity index (χ3v) is 3.89. The van der Waals surface area contributed by atoms with Crippen molar-refractivity contribution in [1.82, 2.24) is 9.55 Å². The summed E-state index contributed by atoms with van der Waals surface area (Å²) >= 11 is 5.01. The number of amides is 1. The van der Waals surface area contributed by atoms with Gasteiger partial charge < -0.3 is 14.8 Å². The average Bonchev–Trinajstić information content (AvgIpc) is 2.82. The number of nitrogens with zero attached hydrogens (tertiary/aromatic N) is 2. The number of aromatic amines is 1. The van der Waals surface area contributed by atoms with E-state index in [0.717, 1.165) is 4.57 Å². The Balaban J connectivity index is 2.18. The van der Waals surface area contributed by atoms with Gasteiger partial charge in [0.25, 0.3) is 5.91 Å². The van der Waals surface area contributed by atoms with E-state index in [9.17, 15) is 14.7 Å². The molecule has 8 heteroatoms. The van der Waals surface area contributed by atoms with Crippen LogP contribution in [0.15, 0.2) is 28.8 Å². The zero-order valence-electron chi connectivity index (χ0n) is 13.6. The lowest BCUT2D eigenvalue weighted by Gasteiger charge is -2.07. The standard InChI is InChI=1S/C17H15N3O4S/c1-3-24-12-4-5-13-10(7-12)6-11(15(22)18-13)8-14-16(23)19-17(25)20(14)9(2)21/h4-8,23H,3H2,1-2H3,(H,19,25)/b11-8+. The van der Waals surface area contributed by atoms with Gasteiger partial charge in [0.15, 0.2) is 4.77 Å². The van der Waals surface area contributed by atoms with Crippen LogP contribution in [-0.4, -0.2) is 33.1 Å². The van der Waals surface area contributed by atoms with Gasteiger partial charge in [-0.1, -0.05) is 0 Å². The molecule has 7 nitrogen and oxygen atoms in total. The molecule has 0 spiro atoms. The van der Waals surface area contributed by atoms with Gasteiger partial charge in [-0.15, -0.1) is 0 Å². The van der Waals surface area contributed by atoms with Crippen LogP contribution >= 0.6 is 12.2 Å². The topological polar surface area (TPSA) is 96.7 Å². The van der Waals surface area contributed by atoms with Gasteiger partial charge in [-0.2, -0.15) is 0 Å². The Morgan fingerprint density at radius 3 is 2.92 bits per heavy atom. The van der Waals surface area contributed by atoms with E-state index in [1.54, 1.807) is 24.3 Å². The Morgan fingerprint density at radius 2 is 2.24 bits per heavy atom. The Kier molecular flexibility index (Phi) is 4.37. The Bertz CT molecular complexity index is 1090. The number of carbonyl (C=O) groups excluding carboxylic acids is 2. The third kappa shape index (κ3) is 3.16. The largest absolute Gasteiger partial charge is 0.494 e. The molecule has 1 amide bonds. The molecule has 2 heterocycles. The molecule has 0 fully saturated rings. The van der Waals surface area contributed by atoms with Crippen molar-refractivity contribution in [3.05, 3.63) is 44.8 Å². The first kappa shape index (κ1) is 16.8. The smallest absolute Gasteiger partial charge is 0.277 e. The Labute approximate surface area is 147 Å². The summed E-state index contributed by atoms with van der Waals surface area (Å²) in [6.45, 7) is 3.71. The molecule has 25 heavy (non-hydrogen) atoms. The zero-order chi connectivity index (χ0) is 18.1. The van der Waals surface area contributed by atoms with Gasteiger partial charge in [0, 0.05) is 17.7 Å². The normalized spacial score (nSPS) is 14.6. The molecule has 0 saturated carbocycles. The van der Waals surface area contributed by atoms with E-state index in [2.05, 4.69) is 9.98 Å². The zero-order valence-corrected chi connectivity index (χ0v) is 14.4. The average molecular weight is 357 g/mol. The monoisotopic (exact) mass is 357 g/mol. The number of hydrogen-bond acceptors (Lipinski definition) is 5. The van der Waals surface area contributed by atoms with Crippen LogP contribution in [0.1, 0.15) is 24.3 Å². The van der Waals surface area contributed by atoms with E-state index >= 15 is 0 Å². The number of carbonyl (C=O) groups is 2. The second-order valence-corrected chi connectivity index (χ2v) is 5.72. The highest BCUT2D eigenvalue weighted by molar-refractivity contribution is 7.71. The molecule has 3 rings (SSSR count). The molecule has 2 N–H and O–H groups in total. The molecule has 1 aromatic carbocycles. The summed E-state index contributed by atoms with van der Waals surface area (Å²) in [6, 6.07) is 5.22. The summed E-state index contributed by atoms with van der Waals surface area (Å²) in [4.78, 5) is 30.5. The van der Waals surface area contributed by atoms with Crippen molar-refractivity contribution in [1.29, 1.82) is 0 Å². The number of imidazole rings is 1. The van der Waals surface area contributed by atoms with Crippen molar-refractivity contribution < 1.29 is 19.4 Å². The van der Waals surface area contributed by atoms with Crippen LogP contribution in [0.3, 0.4) is 0 Å². The number of ether oxygens (including phenoxy) is 1. The summed E-state index contributed by atoms with van der Waals surface area (Å²) in [5, 5.41) is 11.2. The van der Waals surface area contributed by atoms with Crippen LogP contribution in [0.25, 0.3) is 12.2 Å². The van der Waals surface area contributed by atoms with E-state index in [4.69, 9.17) is 17.0 Å². The summed E-state index contributed by atoms with van der Waals surface area (Å²) in [5.74, 6) is -0.480. The minimum absolute atomic E-state index is 0.0519. The Hall–Kier alpha value is -3.00. The molecular weight excluding hydrogens is 342 g/mol. The quantitative estimate of drug-likeness (QED) is 0.638. The van der Waals surface area contributed by atoms with E-state index in [-0.39, 0.29) is 27.8 Å². The number of hydrogen-bond donors (Lipinski definition) is 2. The van der Waals surface area contributed by atoms with E-state index in [1.165, 1.54) is 13.0 Å². The number of H-pyrrole nitrogens is 1. The van der Waals surface area contributed by atoms with Gasteiger partial charge in [0.05, 0.1) is 12.0 Å². The summed E-state index contributed by atoms with van der Waals surface area (Å²) in [6.07, 6.45) is 3.01. The predicted molar refractivity (Wildman–Crippen MR) is 93.4 cm³/mol. The minimum Gasteiger partial charge on any atom is -0.494 e. The van der Waals surface area contributed by atoms with Crippen molar-refractivity contribution in [2.45, 2.75) is 13.8 Å². The highest BCUT2D eigenvalue weighted by Crippen LogP contribution is 2.21. The molecule has 0 bridgehead atoms. The van der Waals surface area contributed by atoms with Crippen LogP contribution in [0.4, 0.5) is 0 Å². The van der Waals surface area contributed by atoms with Crippen LogP contribution in [0.5, 0.6) is 11.6 Å². The van der Waals surface area contributed by atoms with Crippen LogP contribution in [-0.2, 0) is 4.79 Å². The van der Waals surface area contributed by atoms with Gasteiger partial charge in [-0.05, 0) is 49.5 Å². The summed E-state index contributed by atoms with van der Waals surface area (Å²) < 4.78 is 6.62. The fourth-order valence-electron chi connectivity index (χ4n) is 2.54. The molecule has 1 aromatic heterocycles. The first-order valence-corrected chi connectivity index (χ1v) is 7.95. The number of nitrogens with one attached hydrogen (secondary N) is 1. The minimum atomic E-state index is -0.474. The van der Waals surface area contributed by atoms with Crippen molar-refractivity contribution >= 4 is 36.2 Å². The predicted octanol–water partition coefficient (Wildman–Crippen LogP) is 1.33. The van der Waals surface area contributed by atoms with Gasteiger partial charge in [-0.25, -0.2) is 4.99 Å². The van der Waals surface area contributed by atoms with E-state index < -0.39 is 5.91 Å². The third-order valence-electron chi connectivity index (χ3n) is 3.61. The second kappa shape index (κ2) is 6.48. The molecule has 0 saturated heterocycles. The molecule has 0 radical (unpaired) electrons. The van der Waals surface area contributed by atoms with Crippen LogP contribution < -0.4 is 15.3 Å². The molecular formula is C17H15N3O4S. The maximum atomic E-state index is 12.3. The van der Waals surface area contributed by atoms with Crippen molar-refractivity contribution in [3.63, 3.8) is 0 Å². The molecule has 1 aliphatic rings. The number of benzene rings is 1. The second-order valence-electron chi connectivity index (χ2n) is 5.33. The number of aromatic nitrogens is 2. The maximum absolute atomic E-state index is 12.3. The number of fused-ring (bicyclic) bond motifs is 1. The van der Waals surface area contributed by atoms with E-state index in [0.29, 0.717) is 22.9 Å². The maximum Gasteiger partial charge on any atom is 0.277 e. The summed E-state index contributed by atoms with van der Waals surface area (Å²) in [7, 11) is 0. The highest BCUT2D eigenvalue weighted by Gasteiger charge is 2.17. The molecule has 128 valence electrons. The molecule has 0 atom stereocenters. The van der Waals surface area contributed by atoms with E-state index in [1.807, 2.05) is 6.92 Å². The SMILES string of the molecule is CCOc1ccc2c(c1)=C/C(=C\c1c(O)[nH]c(=S)n1C(C)=O)C(=O)N=2. The van der Waals surface area contributed by atoms with Gasteiger partial charge in [-0.3, -0.25) is 14.2 Å². The lowest BCUT2D eigenvalue weighted by Crippen LogP contribution is -2.30. The first-order valence-electron chi connectivity index (χ1n) is 7.55. The molecule has 1 aliphatic heterocycles. The fourth-order valence-corrected chi connectivity index (χ4v) is 2.87. The van der Waals surface area contributed by atoms with Crippen molar-refractivity contribution in [2.75, 3.05) is 6.61 Å². The van der Waals surface area contributed by atoms with Gasteiger partial charge in [0.2, 0.25) is 11.8 Å². The fraction of sp³-hybridized carbons (Fsp3) is 0.176. The summed E-state index contributed by atoms with van der Waals surface area (Å²) in [5.41, 5.74) is 0.331. The highest BCUT2D eigenvalue weighted by atomic mass is 32.1. The lowest BCUT2D eigenvalue weighted by molar-refractivity contribution is -0.114. The molecule has 2 aromatic rings. The number of aromatic hydroxyl groups is 1. The van der Waals surface area contributed by atoms with Gasteiger partial charge in [0.1, 0.15) is 11.4 Å². The Morgan fingerprint density at radius 1 is 1.48 bits per heavy atom. The van der Waals surface area contributed by atoms with Gasteiger partial charge >= 0.3 is 0 Å². The van der Waals surface area contributed by atoms with Crippen molar-refractivity contribution in [2.24, 2.45) is 4.99 Å². The first-order chi connectivity index (χ1) is 11.9. The van der Waals surface area contributed by atoms with Crippen molar-refractivity contribution in [3.8, 4) is 11.6 Å². The number of rotatable bonds is 3.